The van der Waals surface area contributed by atoms with Crippen molar-refractivity contribution in [1.82, 2.24) is 4.98 Å². The number of aryl methyl sites for hydroxylation is 1. The second-order valence-corrected chi connectivity index (χ2v) is 6.73. The highest BCUT2D eigenvalue weighted by molar-refractivity contribution is 6.37. The van der Waals surface area contributed by atoms with Crippen LogP contribution in [0.15, 0.2) is 36.5 Å². The monoisotopic (exact) mass is 367 g/mol. The number of nitrogens with one attached hydrogen (secondary N) is 1. The molecule has 0 saturated heterocycles. The van der Waals surface area contributed by atoms with Gasteiger partial charge in [-0.1, -0.05) is 6.92 Å². The van der Waals surface area contributed by atoms with Crippen molar-refractivity contribution in [2.45, 2.75) is 39.7 Å². The standard InChI is InChI=1S/C20H21N3O4/c1-5-13-10-16(8-6-14(13)11-21)26-17-9-7-15(12-22-17)23-18(24)19(25)27-20(2,3)4/h6-10,12H,5H2,1-4H3,(H,23,24). The van der Waals surface area contributed by atoms with Gasteiger partial charge in [0.15, 0.2) is 0 Å². The quantitative estimate of drug-likeness (QED) is 0.654. The SMILES string of the molecule is CCc1cc(Oc2ccc(NC(=O)C(=O)OC(C)(C)C)cn2)ccc1C#N. The summed E-state index contributed by atoms with van der Waals surface area (Å²) >= 11 is 0. The summed E-state index contributed by atoms with van der Waals surface area (Å²) in [7, 11) is 0. The Morgan fingerprint density at radius 2 is 1.96 bits per heavy atom. The van der Waals surface area contributed by atoms with Crippen LogP contribution < -0.4 is 10.1 Å². The summed E-state index contributed by atoms with van der Waals surface area (Å²) in [4.78, 5) is 27.6. The third kappa shape index (κ3) is 5.82. The lowest BCUT2D eigenvalue weighted by Crippen LogP contribution is -2.32. The third-order valence-electron chi connectivity index (χ3n) is 3.38. The molecule has 1 aromatic carbocycles. The van der Waals surface area contributed by atoms with E-state index in [0.29, 0.717) is 29.3 Å². The first-order chi connectivity index (χ1) is 12.7. The van der Waals surface area contributed by atoms with E-state index in [1.165, 1.54) is 6.20 Å². The fraction of sp³-hybridized carbons (Fsp3) is 0.300. The predicted octanol–water partition coefficient (Wildman–Crippen LogP) is 3.59. The van der Waals surface area contributed by atoms with Crippen LogP contribution in [0.1, 0.15) is 38.8 Å². The number of pyridine rings is 1. The molecule has 7 nitrogen and oxygen atoms in total. The van der Waals surface area contributed by atoms with Crippen LogP contribution in [0.2, 0.25) is 0 Å². The zero-order valence-corrected chi connectivity index (χ0v) is 15.7. The lowest BCUT2D eigenvalue weighted by atomic mass is 10.1. The lowest BCUT2D eigenvalue weighted by Gasteiger charge is -2.18. The Hall–Kier alpha value is -3.40. The number of hydrogen-bond donors (Lipinski definition) is 1. The van der Waals surface area contributed by atoms with Crippen molar-refractivity contribution >= 4 is 17.6 Å². The number of nitrogens with zero attached hydrogens (tertiary/aromatic N) is 2. The van der Waals surface area contributed by atoms with Crippen LogP contribution in [-0.2, 0) is 20.7 Å². The first kappa shape index (κ1) is 19.9. The molecule has 1 aromatic heterocycles. The van der Waals surface area contributed by atoms with Gasteiger partial charge in [-0.3, -0.25) is 4.79 Å². The normalized spacial score (nSPS) is 10.6. The molecule has 0 atom stereocenters. The first-order valence-corrected chi connectivity index (χ1v) is 8.43. The molecule has 0 aliphatic carbocycles. The van der Waals surface area contributed by atoms with Gasteiger partial charge in [-0.25, -0.2) is 9.78 Å². The zero-order valence-electron chi connectivity index (χ0n) is 15.7. The molecule has 0 saturated carbocycles. The van der Waals surface area contributed by atoms with E-state index >= 15 is 0 Å². The van der Waals surface area contributed by atoms with E-state index in [1.807, 2.05) is 6.92 Å². The molecule has 0 fully saturated rings. The van der Waals surface area contributed by atoms with E-state index in [-0.39, 0.29) is 0 Å². The van der Waals surface area contributed by atoms with Crippen molar-refractivity contribution in [3.63, 3.8) is 0 Å². The molecule has 1 heterocycles. The number of anilines is 1. The van der Waals surface area contributed by atoms with Gasteiger partial charge in [0.05, 0.1) is 23.5 Å². The lowest BCUT2D eigenvalue weighted by molar-refractivity contribution is -0.161. The minimum atomic E-state index is -0.965. The van der Waals surface area contributed by atoms with Crippen LogP contribution in [0, 0.1) is 11.3 Å². The molecule has 0 radical (unpaired) electrons. The summed E-state index contributed by atoms with van der Waals surface area (Å²) in [5.41, 5.74) is 1.09. The van der Waals surface area contributed by atoms with Gasteiger partial charge in [0.1, 0.15) is 11.4 Å². The van der Waals surface area contributed by atoms with E-state index in [0.717, 1.165) is 5.56 Å². The van der Waals surface area contributed by atoms with Crippen molar-refractivity contribution in [2.24, 2.45) is 0 Å². The molecule has 0 spiro atoms. The van der Waals surface area contributed by atoms with Crippen LogP contribution >= 0.6 is 0 Å². The number of carbonyl (C=O) groups excluding carboxylic acids is 2. The maximum Gasteiger partial charge on any atom is 0.397 e. The number of esters is 1. The van der Waals surface area contributed by atoms with Gasteiger partial charge in [0.25, 0.3) is 0 Å². The van der Waals surface area contributed by atoms with E-state index in [4.69, 9.17) is 14.7 Å². The molecule has 7 heteroatoms. The Morgan fingerprint density at radius 1 is 1.22 bits per heavy atom. The average Bonchev–Trinajstić information content (AvgIpc) is 2.61. The van der Waals surface area contributed by atoms with E-state index in [1.54, 1.807) is 51.1 Å². The van der Waals surface area contributed by atoms with Gasteiger partial charge >= 0.3 is 11.9 Å². The molecular formula is C20H21N3O4. The summed E-state index contributed by atoms with van der Waals surface area (Å²) in [5.74, 6) is -0.964. The number of aromatic nitrogens is 1. The van der Waals surface area contributed by atoms with E-state index < -0.39 is 17.5 Å². The summed E-state index contributed by atoms with van der Waals surface area (Å²) < 4.78 is 10.7. The van der Waals surface area contributed by atoms with Crippen molar-refractivity contribution in [1.29, 1.82) is 5.26 Å². The molecular weight excluding hydrogens is 346 g/mol. The largest absolute Gasteiger partial charge is 0.453 e. The Bertz CT molecular complexity index is 878. The van der Waals surface area contributed by atoms with Crippen LogP contribution in [0.25, 0.3) is 0 Å². The molecule has 0 unspecified atom stereocenters. The Morgan fingerprint density at radius 3 is 2.52 bits per heavy atom. The molecule has 2 rings (SSSR count). The van der Waals surface area contributed by atoms with Gasteiger partial charge < -0.3 is 14.8 Å². The smallest absolute Gasteiger partial charge is 0.397 e. The molecule has 1 amide bonds. The van der Waals surface area contributed by atoms with Gasteiger partial charge in [0, 0.05) is 6.07 Å². The maximum atomic E-state index is 11.8. The third-order valence-corrected chi connectivity index (χ3v) is 3.38. The van der Waals surface area contributed by atoms with Crippen molar-refractivity contribution in [3.05, 3.63) is 47.7 Å². The highest BCUT2D eigenvalue weighted by Crippen LogP contribution is 2.23. The Kier molecular flexibility index (Phi) is 6.14. The topological polar surface area (TPSA) is 101 Å². The van der Waals surface area contributed by atoms with Crippen LogP contribution in [0.5, 0.6) is 11.6 Å². The first-order valence-electron chi connectivity index (χ1n) is 8.43. The number of rotatable bonds is 4. The van der Waals surface area contributed by atoms with Crippen molar-refractivity contribution in [2.75, 3.05) is 5.32 Å². The van der Waals surface area contributed by atoms with Gasteiger partial charge in [-0.05, 0) is 57.0 Å². The Labute approximate surface area is 157 Å². The van der Waals surface area contributed by atoms with Crippen LogP contribution in [0.4, 0.5) is 5.69 Å². The number of benzene rings is 1. The van der Waals surface area contributed by atoms with Gasteiger partial charge in [-0.15, -0.1) is 0 Å². The molecule has 2 aromatic rings. The highest BCUT2D eigenvalue weighted by atomic mass is 16.6. The number of carbonyl (C=O) groups is 2. The fourth-order valence-electron chi connectivity index (χ4n) is 2.18. The molecule has 0 aliphatic heterocycles. The second kappa shape index (κ2) is 8.32. The average molecular weight is 367 g/mol. The number of hydrogen-bond acceptors (Lipinski definition) is 6. The summed E-state index contributed by atoms with van der Waals surface area (Å²) in [6, 6.07) is 10.4. The molecule has 27 heavy (non-hydrogen) atoms. The predicted molar refractivity (Wildman–Crippen MR) is 99.3 cm³/mol. The number of amides is 1. The highest BCUT2D eigenvalue weighted by Gasteiger charge is 2.22. The minimum absolute atomic E-state index is 0.317. The molecule has 0 aliphatic rings. The Balaban J connectivity index is 2.02. The zero-order chi connectivity index (χ0) is 20.0. The van der Waals surface area contributed by atoms with Gasteiger partial charge in [-0.2, -0.15) is 5.26 Å². The summed E-state index contributed by atoms with van der Waals surface area (Å²) in [6.45, 7) is 7.00. The van der Waals surface area contributed by atoms with Crippen LogP contribution in [0.3, 0.4) is 0 Å². The molecule has 140 valence electrons. The summed E-state index contributed by atoms with van der Waals surface area (Å²) in [5, 5.41) is 11.5. The second-order valence-electron chi connectivity index (χ2n) is 6.73. The van der Waals surface area contributed by atoms with Crippen LogP contribution in [-0.4, -0.2) is 22.5 Å². The number of nitriles is 1. The fourth-order valence-corrected chi connectivity index (χ4v) is 2.18. The minimum Gasteiger partial charge on any atom is -0.453 e. The maximum absolute atomic E-state index is 11.8. The van der Waals surface area contributed by atoms with Crippen molar-refractivity contribution < 1.29 is 19.1 Å². The number of ether oxygens (including phenoxy) is 2. The molecule has 1 N–H and O–H groups in total. The van der Waals surface area contributed by atoms with E-state index in [2.05, 4.69) is 16.4 Å². The van der Waals surface area contributed by atoms with E-state index in [9.17, 15) is 9.59 Å². The van der Waals surface area contributed by atoms with Crippen molar-refractivity contribution in [3.8, 4) is 17.7 Å². The van der Waals surface area contributed by atoms with Gasteiger partial charge in [0.2, 0.25) is 5.88 Å². The molecule has 0 bridgehead atoms. The summed E-state index contributed by atoms with van der Waals surface area (Å²) in [6.07, 6.45) is 2.09.